The summed E-state index contributed by atoms with van der Waals surface area (Å²) in [4.78, 5) is 26.5. The van der Waals surface area contributed by atoms with Crippen LogP contribution in [0.4, 0.5) is 0 Å². The molecule has 0 spiro atoms. The number of carbonyl (C=O) groups excluding carboxylic acids is 2. The van der Waals surface area contributed by atoms with Crippen LogP contribution in [0.2, 0.25) is 0 Å². The van der Waals surface area contributed by atoms with Gasteiger partial charge in [-0.3, -0.25) is 14.5 Å². The number of hydrogen-bond donors (Lipinski definition) is 1. The fourth-order valence-corrected chi connectivity index (χ4v) is 2.93. The first kappa shape index (κ1) is 17.2. The molecule has 1 aliphatic rings. The highest BCUT2D eigenvalue weighted by Crippen LogP contribution is 2.16. The lowest BCUT2D eigenvalue weighted by Gasteiger charge is -2.33. The van der Waals surface area contributed by atoms with Gasteiger partial charge in [0.15, 0.2) is 0 Å². The average Bonchev–Trinajstić information content (AvgIpc) is 2.65. The number of esters is 1. The second kappa shape index (κ2) is 8.44. The number of rotatable bonds is 6. The zero-order chi connectivity index (χ0) is 17.5. The van der Waals surface area contributed by atoms with Gasteiger partial charge < -0.3 is 10.1 Å². The van der Waals surface area contributed by atoms with Crippen LogP contribution in [0, 0.1) is 0 Å². The van der Waals surface area contributed by atoms with Crippen molar-refractivity contribution in [3.8, 4) is 0 Å². The molecule has 0 bridgehead atoms. The van der Waals surface area contributed by atoms with E-state index in [1.54, 1.807) is 0 Å². The molecule has 5 nitrogen and oxygen atoms in total. The van der Waals surface area contributed by atoms with Gasteiger partial charge in [-0.1, -0.05) is 60.7 Å². The third-order valence-corrected chi connectivity index (χ3v) is 4.28. The summed E-state index contributed by atoms with van der Waals surface area (Å²) < 4.78 is 5.16. The Morgan fingerprint density at radius 3 is 2.36 bits per heavy atom. The zero-order valence-electron chi connectivity index (χ0n) is 14.1. The number of cyclic esters (lactones) is 1. The second-order valence-electron chi connectivity index (χ2n) is 6.11. The Bertz CT molecular complexity index is 703. The van der Waals surface area contributed by atoms with Crippen LogP contribution < -0.4 is 5.32 Å². The fourth-order valence-electron chi connectivity index (χ4n) is 2.93. The predicted molar refractivity (Wildman–Crippen MR) is 94.5 cm³/mol. The number of nitrogens with one attached hydrogen (secondary N) is 1. The summed E-state index contributed by atoms with van der Waals surface area (Å²) in [6.45, 7) is 2.10. The van der Waals surface area contributed by atoms with Crippen molar-refractivity contribution in [3.05, 3.63) is 71.8 Å². The number of nitrogens with zero attached hydrogens (tertiary/aromatic N) is 1. The summed E-state index contributed by atoms with van der Waals surface area (Å²) in [5.41, 5.74) is 2.15. The lowest BCUT2D eigenvalue weighted by molar-refractivity contribution is -0.159. The van der Waals surface area contributed by atoms with Crippen molar-refractivity contribution in [2.45, 2.75) is 25.6 Å². The molecule has 0 saturated carbocycles. The molecular formula is C20H22N2O3. The Morgan fingerprint density at radius 2 is 1.68 bits per heavy atom. The van der Waals surface area contributed by atoms with Gasteiger partial charge in [-0.05, 0) is 11.1 Å². The monoisotopic (exact) mass is 338 g/mol. The maximum atomic E-state index is 12.3. The van der Waals surface area contributed by atoms with Crippen molar-refractivity contribution >= 4 is 11.9 Å². The predicted octanol–water partition coefficient (Wildman–Crippen LogP) is 2.12. The van der Waals surface area contributed by atoms with Crippen molar-refractivity contribution in [2.24, 2.45) is 0 Å². The molecule has 3 rings (SSSR count). The maximum Gasteiger partial charge on any atom is 0.323 e. The van der Waals surface area contributed by atoms with Crippen LogP contribution in [0.3, 0.4) is 0 Å². The topological polar surface area (TPSA) is 58.6 Å². The van der Waals surface area contributed by atoms with E-state index in [2.05, 4.69) is 5.32 Å². The Hall–Kier alpha value is -2.66. The average molecular weight is 338 g/mol. The molecule has 0 aliphatic carbocycles. The molecule has 25 heavy (non-hydrogen) atoms. The smallest absolute Gasteiger partial charge is 0.323 e. The number of ether oxygens (including phenoxy) is 1. The molecule has 0 aromatic heterocycles. The van der Waals surface area contributed by atoms with Crippen molar-refractivity contribution in [3.63, 3.8) is 0 Å². The van der Waals surface area contributed by atoms with Gasteiger partial charge in [0.2, 0.25) is 5.91 Å². The largest absolute Gasteiger partial charge is 0.463 e. The van der Waals surface area contributed by atoms with Crippen LogP contribution >= 0.6 is 0 Å². The maximum absolute atomic E-state index is 12.3. The third kappa shape index (κ3) is 4.90. The molecule has 130 valence electrons. The normalized spacial score (nSPS) is 17.8. The number of amides is 1. The third-order valence-electron chi connectivity index (χ3n) is 4.28. The molecular weight excluding hydrogens is 316 g/mol. The first-order valence-electron chi connectivity index (χ1n) is 8.47. The molecule has 1 heterocycles. The van der Waals surface area contributed by atoms with Gasteiger partial charge in [0.05, 0.1) is 6.42 Å². The van der Waals surface area contributed by atoms with Gasteiger partial charge >= 0.3 is 5.97 Å². The quantitative estimate of drug-likeness (QED) is 0.820. The summed E-state index contributed by atoms with van der Waals surface area (Å²) in [5.74, 6) is -0.470. The van der Waals surface area contributed by atoms with Gasteiger partial charge in [-0.15, -0.1) is 0 Å². The Kier molecular flexibility index (Phi) is 5.80. The van der Waals surface area contributed by atoms with E-state index in [9.17, 15) is 9.59 Å². The highest BCUT2D eigenvalue weighted by Gasteiger charge is 2.33. The van der Waals surface area contributed by atoms with E-state index in [-0.39, 0.29) is 18.3 Å². The summed E-state index contributed by atoms with van der Waals surface area (Å²) in [7, 11) is 0. The first-order chi connectivity index (χ1) is 12.2. The van der Waals surface area contributed by atoms with Gasteiger partial charge in [0.25, 0.3) is 0 Å². The summed E-state index contributed by atoms with van der Waals surface area (Å²) in [6.07, 6.45) is 0.110. The molecule has 5 heteroatoms. The van der Waals surface area contributed by atoms with Gasteiger partial charge in [0.1, 0.15) is 12.6 Å². The van der Waals surface area contributed by atoms with E-state index >= 15 is 0 Å². The molecule has 1 saturated heterocycles. The first-order valence-corrected chi connectivity index (χ1v) is 8.47. The van der Waals surface area contributed by atoms with Crippen molar-refractivity contribution in [1.82, 2.24) is 10.2 Å². The molecule has 2 aromatic rings. The molecule has 1 unspecified atom stereocenters. The SMILES string of the molecule is O=C(CC1C(=O)OCCN1Cc1ccccc1)NCc1ccccc1. The zero-order valence-corrected chi connectivity index (χ0v) is 14.1. The Morgan fingerprint density at radius 1 is 1.04 bits per heavy atom. The minimum Gasteiger partial charge on any atom is -0.463 e. The van der Waals surface area contributed by atoms with Gasteiger partial charge in [-0.2, -0.15) is 0 Å². The minimum atomic E-state index is -0.537. The molecule has 1 fully saturated rings. The Labute approximate surface area is 147 Å². The van der Waals surface area contributed by atoms with E-state index in [0.717, 1.165) is 11.1 Å². The van der Waals surface area contributed by atoms with E-state index in [1.165, 1.54) is 0 Å². The lowest BCUT2D eigenvalue weighted by Crippen LogP contribution is -2.50. The van der Waals surface area contributed by atoms with Gasteiger partial charge in [0, 0.05) is 19.6 Å². The molecule has 2 aromatic carbocycles. The van der Waals surface area contributed by atoms with Crippen LogP contribution in [0.25, 0.3) is 0 Å². The van der Waals surface area contributed by atoms with E-state index in [0.29, 0.717) is 26.2 Å². The summed E-state index contributed by atoms with van der Waals surface area (Å²) in [5, 5.41) is 2.88. The number of benzene rings is 2. The Balaban J connectivity index is 1.58. The van der Waals surface area contributed by atoms with Crippen molar-refractivity contribution < 1.29 is 14.3 Å². The van der Waals surface area contributed by atoms with Crippen LogP contribution in [-0.4, -0.2) is 36.0 Å². The second-order valence-corrected chi connectivity index (χ2v) is 6.11. The van der Waals surface area contributed by atoms with E-state index < -0.39 is 6.04 Å². The van der Waals surface area contributed by atoms with Crippen molar-refractivity contribution in [1.29, 1.82) is 0 Å². The van der Waals surface area contributed by atoms with Crippen LogP contribution in [0.15, 0.2) is 60.7 Å². The van der Waals surface area contributed by atoms with Crippen LogP contribution in [-0.2, 0) is 27.4 Å². The van der Waals surface area contributed by atoms with E-state index in [4.69, 9.17) is 4.74 Å². The molecule has 1 amide bonds. The molecule has 1 aliphatic heterocycles. The van der Waals surface area contributed by atoms with Crippen LogP contribution in [0.5, 0.6) is 0 Å². The summed E-state index contributed by atoms with van der Waals surface area (Å²) in [6, 6.07) is 19.1. The molecule has 1 atom stereocenters. The summed E-state index contributed by atoms with van der Waals surface area (Å²) >= 11 is 0. The van der Waals surface area contributed by atoms with Crippen LogP contribution in [0.1, 0.15) is 17.5 Å². The number of hydrogen-bond acceptors (Lipinski definition) is 4. The minimum absolute atomic E-state index is 0.110. The highest BCUT2D eigenvalue weighted by molar-refractivity contribution is 5.85. The highest BCUT2D eigenvalue weighted by atomic mass is 16.5. The standard InChI is InChI=1S/C20H22N2O3/c23-19(21-14-16-7-3-1-4-8-16)13-18-20(24)25-12-11-22(18)15-17-9-5-2-6-10-17/h1-10,18H,11-15H2,(H,21,23). The van der Waals surface area contributed by atoms with Crippen molar-refractivity contribution in [2.75, 3.05) is 13.2 Å². The number of carbonyl (C=O) groups is 2. The molecule has 0 radical (unpaired) electrons. The fraction of sp³-hybridized carbons (Fsp3) is 0.300. The van der Waals surface area contributed by atoms with Gasteiger partial charge in [-0.25, -0.2) is 0 Å². The lowest BCUT2D eigenvalue weighted by atomic mass is 10.1. The molecule has 1 N–H and O–H groups in total. The van der Waals surface area contributed by atoms with E-state index in [1.807, 2.05) is 65.6 Å². The number of morpholine rings is 1.